The van der Waals surface area contributed by atoms with Crippen LogP contribution in [-0.2, 0) is 0 Å². The van der Waals surface area contributed by atoms with Gasteiger partial charge in [0.05, 0.1) is 0 Å². The first-order valence-electron chi connectivity index (χ1n) is 5.83. The molecule has 3 nitrogen and oxygen atoms in total. The minimum atomic E-state index is -0.282. The highest BCUT2D eigenvalue weighted by Gasteiger charge is 2.25. The molecule has 0 aromatic heterocycles. The molecule has 3 heteroatoms. The lowest BCUT2D eigenvalue weighted by Gasteiger charge is -2.32. The first-order chi connectivity index (χ1) is 7.55. The number of benzene rings is 1. The first-order valence-corrected chi connectivity index (χ1v) is 5.83. The van der Waals surface area contributed by atoms with Crippen molar-refractivity contribution in [2.24, 2.45) is 11.5 Å². The van der Waals surface area contributed by atoms with Crippen molar-refractivity contribution in [2.45, 2.75) is 31.8 Å². The van der Waals surface area contributed by atoms with Crippen molar-refractivity contribution >= 4 is 0 Å². The lowest BCUT2D eigenvalue weighted by atomic mass is 9.89. The van der Waals surface area contributed by atoms with E-state index >= 15 is 0 Å². The number of nitrogens with one attached hydrogen (secondary N) is 1. The van der Waals surface area contributed by atoms with Crippen molar-refractivity contribution in [3.63, 3.8) is 0 Å². The maximum Gasteiger partial charge on any atom is 0.0497 e. The Bertz CT molecular complexity index is 290. The van der Waals surface area contributed by atoms with Gasteiger partial charge in [0.25, 0.3) is 0 Å². The molecule has 0 spiro atoms. The maximum absolute atomic E-state index is 6.20. The third kappa shape index (κ3) is 3.93. The molecule has 0 radical (unpaired) electrons. The van der Waals surface area contributed by atoms with Crippen molar-refractivity contribution in [1.29, 1.82) is 0 Å². The van der Waals surface area contributed by atoms with Crippen molar-refractivity contribution in [1.82, 2.24) is 5.32 Å². The van der Waals surface area contributed by atoms with Crippen LogP contribution in [-0.4, -0.2) is 18.6 Å². The highest BCUT2D eigenvalue weighted by Crippen LogP contribution is 2.22. The lowest BCUT2D eigenvalue weighted by molar-refractivity contribution is 0.349. The summed E-state index contributed by atoms with van der Waals surface area (Å²) in [5.41, 5.74) is 12.6. The minimum absolute atomic E-state index is 0.167. The summed E-state index contributed by atoms with van der Waals surface area (Å²) in [6, 6.07) is 10.5. The summed E-state index contributed by atoms with van der Waals surface area (Å²) >= 11 is 0. The Hall–Kier alpha value is -0.900. The fourth-order valence-corrected chi connectivity index (χ4v) is 1.80. The second-order valence-electron chi connectivity index (χ2n) is 4.76. The van der Waals surface area contributed by atoms with Gasteiger partial charge in [-0.15, -0.1) is 0 Å². The van der Waals surface area contributed by atoms with Gasteiger partial charge in [0, 0.05) is 11.6 Å². The van der Waals surface area contributed by atoms with Gasteiger partial charge in [-0.25, -0.2) is 0 Å². The van der Waals surface area contributed by atoms with Gasteiger partial charge >= 0.3 is 0 Å². The van der Waals surface area contributed by atoms with Crippen LogP contribution in [0.1, 0.15) is 31.9 Å². The van der Waals surface area contributed by atoms with Gasteiger partial charge in [0.15, 0.2) is 0 Å². The predicted octanol–water partition coefficient (Wildman–Crippen LogP) is 1.40. The zero-order valence-corrected chi connectivity index (χ0v) is 10.2. The van der Waals surface area contributed by atoms with Crippen molar-refractivity contribution in [2.75, 3.05) is 13.1 Å². The van der Waals surface area contributed by atoms with E-state index in [1.165, 1.54) is 5.56 Å². The van der Waals surface area contributed by atoms with Gasteiger partial charge in [-0.3, -0.25) is 0 Å². The van der Waals surface area contributed by atoms with E-state index in [2.05, 4.69) is 17.4 Å². The van der Waals surface area contributed by atoms with Gasteiger partial charge in [-0.1, -0.05) is 30.3 Å². The largest absolute Gasteiger partial charge is 0.330 e. The second kappa shape index (κ2) is 5.99. The van der Waals surface area contributed by atoms with Crippen LogP contribution >= 0.6 is 0 Å². The molecule has 0 saturated heterocycles. The molecule has 1 aromatic rings. The Morgan fingerprint density at radius 1 is 1.25 bits per heavy atom. The Kier molecular flexibility index (Phi) is 4.93. The van der Waals surface area contributed by atoms with Crippen molar-refractivity contribution < 1.29 is 0 Å². The van der Waals surface area contributed by atoms with Crippen LogP contribution < -0.4 is 16.8 Å². The number of rotatable bonds is 6. The van der Waals surface area contributed by atoms with Crippen LogP contribution in [0.5, 0.6) is 0 Å². The first kappa shape index (κ1) is 13.2. The highest BCUT2D eigenvalue weighted by molar-refractivity contribution is 5.22. The predicted molar refractivity (Wildman–Crippen MR) is 69.1 cm³/mol. The van der Waals surface area contributed by atoms with Crippen LogP contribution in [0, 0.1) is 0 Å². The summed E-state index contributed by atoms with van der Waals surface area (Å²) in [5.74, 6) is 0. The van der Waals surface area contributed by atoms with E-state index < -0.39 is 0 Å². The Morgan fingerprint density at radius 3 is 2.38 bits per heavy atom. The van der Waals surface area contributed by atoms with Gasteiger partial charge < -0.3 is 16.8 Å². The topological polar surface area (TPSA) is 64.1 Å². The molecule has 0 aliphatic rings. The molecule has 0 aliphatic heterocycles. The molecule has 0 bridgehead atoms. The van der Waals surface area contributed by atoms with Crippen LogP contribution in [0.2, 0.25) is 0 Å². The standard InChI is InChI=1S/C13H23N3/c1-13(2,15)12(16-10-6-9-14)11-7-4-3-5-8-11/h3-5,7-8,12,16H,6,9-10,14-15H2,1-2H3. The molecule has 0 aliphatic carbocycles. The molecule has 0 amide bonds. The molecule has 0 saturated carbocycles. The molecule has 1 rings (SSSR count). The Labute approximate surface area is 98.2 Å². The molecule has 0 heterocycles. The van der Waals surface area contributed by atoms with E-state index in [1.54, 1.807) is 0 Å². The quantitative estimate of drug-likeness (QED) is 0.636. The molecular formula is C13H23N3. The zero-order chi connectivity index (χ0) is 12.0. The van der Waals surface area contributed by atoms with Crippen LogP contribution in [0.3, 0.4) is 0 Å². The third-order valence-electron chi connectivity index (χ3n) is 2.61. The van der Waals surface area contributed by atoms with Gasteiger partial charge in [0.2, 0.25) is 0 Å². The molecule has 1 aromatic carbocycles. The number of nitrogens with two attached hydrogens (primary N) is 2. The third-order valence-corrected chi connectivity index (χ3v) is 2.61. The number of hydrogen-bond donors (Lipinski definition) is 3. The summed E-state index contributed by atoms with van der Waals surface area (Å²) in [6.07, 6.45) is 0.972. The fraction of sp³-hybridized carbons (Fsp3) is 0.538. The molecule has 0 fully saturated rings. The van der Waals surface area contributed by atoms with E-state index in [0.29, 0.717) is 6.54 Å². The van der Waals surface area contributed by atoms with E-state index in [0.717, 1.165) is 13.0 Å². The smallest absolute Gasteiger partial charge is 0.0497 e. The molecule has 1 unspecified atom stereocenters. The minimum Gasteiger partial charge on any atom is -0.330 e. The average molecular weight is 221 g/mol. The van der Waals surface area contributed by atoms with E-state index in [-0.39, 0.29) is 11.6 Å². The average Bonchev–Trinajstić information content (AvgIpc) is 2.24. The van der Waals surface area contributed by atoms with E-state index in [1.807, 2.05) is 32.0 Å². The summed E-state index contributed by atoms with van der Waals surface area (Å²) < 4.78 is 0. The van der Waals surface area contributed by atoms with E-state index in [4.69, 9.17) is 11.5 Å². The number of hydrogen-bond acceptors (Lipinski definition) is 3. The van der Waals surface area contributed by atoms with Gasteiger partial charge in [-0.2, -0.15) is 0 Å². The van der Waals surface area contributed by atoms with Crippen LogP contribution in [0.15, 0.2) is 30.3 Å². The highest BCUT2D eigenvalue weighted by atomic mass is 15.0. The van der Waals surface area contributed by atoms with E-state index in [9.17, 15) is 0 Å². The summed E-state index contributed by atoms with van der Waals surface area (Å²) in [6.45, 7) is 5.69. The zero-order valence-electron chi connectivity index (χ0n) is 10.2. The van der Waals surface area contributed by atoms with Gasteiger partial charge in [0.1, 0.15) is 0 Å². The molecule has 90 valence electrons. The SMILES string of the molecule is CC(C)(N)C(NCCCN)c1ccccc1. The summed E-state index contributed by atoms with van der Waals surface area (Å²) in [4.78, 5) is 0. The second-order valence-corrected chi connectivity index (χ2v) is 4.76. The molecule has 5 N–H and O–H groups in total. The van der Waals surface area contributed by atoms with Gasteiger partial charge in [-0.05, 0) is 38.9 Å². The lowest BCUT2D eigenvalue weighted by Crippen LogP contribution is -2.46. The Balaban J connectivity index is 2.73. The summed E-state index contributed by atoms with van der Waals surface area (Å²) in [7, 11) is 0. The van der Waals surface area contributed by atoms with Crippen molar-refractivity contribution in [3.05, 3.63) is 35.9 Å². The molecule has 16 heavy (non-hydrogen) atoms. The fourth-order valence-electron chi connectivity index (χ4n) is 1.80. The monoisotopic (exact) mass is 221 g/mol. The maximum atomic E-state index is 6.20. The Morgan fingerprint density at radius 2 is 1.88 bits per heavy atom. The van der Waals surface area contributed by atoms with Crippen molar-refractivity contribution in [3.8, 4) is 0 Å². The van der Waals surface area contributed by atoms with Crippen LogP contribution in [0.25, 0.3) is 0 Å². The molecule has 1 atom stereocenters. The van der Waals surface area contributed by atoms with Crippen LogP contribution in [0.4, 0.5) is 0 Å². The molecular weight excluding hydrogens is 198 g/mol. The normalized spacial score (nSPS) is 13.8. The summed E-state index contributed by atoms with van der Waals surface area (Å²) in [5, 5.41) is 3.47.